The summed E-state index contributed by atoms with van der Waals surface area (Å²) < 4.78 is 16.2. The lowest BCUT2D eigenvalue weighted by molar-refractivity contribution is -0.0835. The molecule has 0 aliphatic rings. The van der Waals surface area contributed by atoms with Gasteiger partial charge >= 0.3 is 0 Å². The Hall–Kier alpha value is -2.31. The third-order valence-corrected chi connectivity index (χ3v) is 3.10. The van der Waals surface area contributed by atoms with E-state index in [-0.39, 0.29) is 59.1 Å². The summed E-state index contributed by atoms with van der Waals surface area (Å²) in [6.45, 7) is -0.309. The van der Waals surface area contributed by atoms with Crippen LogP contribution in [0.3, 0.4) is 0 Å². The zero-order valence-corrected chi connectivity index (χ0v) is 15.3. The fourth-order valence-corrected chi connectivity index (χ4v) is 1.78. The van der Waals surface area contributed by atoms with Gasteiger partial charge in [0, 0.05) is 21.3 Å². The van der Waals surface area contributed by atoms with Crippen LogP contribution in [0.4, 0.5) is 0 Å². The summed E-state index contributed by atoms with van der Waals surface area (Å²) >= 11 is 0. The van der Waals surface area contributed by atoms with Crippen LogP contribution in [0, 0.1) is 0 Å². The van der Waals surface area contributed by atoms with Crippen molar-refractivity contribution >= 4 is 0 Å². The number of aliphatic hydroxyl groups excluding tert-OH is 3. The van der Waals surface area contributed by atoms with Crippen molar-refractivity contribution in [3.05, 3.63) is 31.3 Å². The van der Waals surface area contributed by atoms with Crippen LogP contribution in [0.15, 0.2) is 15.3 Å². The second-order valence-electron chi connectivity index (χ2n) is 5.56. The minimum absolute atomic E-state index is 0.0339. The topological polar surface area (TPSA) is 235 Å². The first-order chi connectivity index (χ1) is 13.5. The zero-order chi connectivity index (χ0) is 21.0. The molecule has 158 valence electrons. The standard InChI is InChI=1S/C13H25N9O6/c14-20-17-3-10(23)1-2-28-13(8-26-6-11(24)4-18-21-15)9-27-7-12(25)5-19-22-16/h10-13,23-25H,1-9H2. The Bertz CT molecular complexity index is 473. The van der Waals surface area contributed by atoms with Crippen molar-refractivity contribution < 1.29 is 29.5 Å². The van der Waals surface area contributed by atoms with Crippen LogP contribution in [0.2, 0.25) is 0 Å². The maximum absolute atomic E-state index is 9.60. The van der Waals surface area contributed by atoms with Gasteiger partial charge in [-0.3, -0.25) is 0 Å². The first-order valence-corrected chi connectivity index (χ1v) is 8.37. The third kappa shape index (κ3) is 15.9. The lowest BCUT2D eigenvalue weighted by atomic mass is 10.2. The molecule has 0 amide bonds. The average molecular weight is 403 g/mol. The van der Waals surface area contributed by atoms with Gasteiger partial charge in [-0.1, -0.05) is 15.3 Å². The molecule has 3 unspecified atom stereocenters. The van der Waals surface area contributed by atoms with Crippen LogP contribution >= 0.6 is 0 Å². The van der Waals surface area contributed by atoms with Crippen LogP contribution in [-0.2, 0) is 14.2 Å². The Morgan fingerprint density at radius 3 is 1.54 bits per heavy atom. The van der Waals surface area contributed by atoms with E-state index in [2.05, 4.69) is 30.1 Å². The van der Waals surface area contributed by atoms with Gasteiger partial charge in [0.1, 0.15) is 6.10 Å². The number of aliphatic hydroxyl groups is 3. The summed E-state index contributed by atoms with van der Waals surface area (Å²) in [5.41, 5.74) is 24.6. The van der Waals surface area contributed by atoms with Crippen molar-refractivity contribution in [3.8, 4) is 0 Å². The van der Waals surface area contributed by atoms with Gasteiger partial charge in [0.25, 0.3) is 0 Å². The molecule has 0 rings (SSSR count). The molecule has 0 aliphatic heterocycles. The van der Waals surface area contributed by atoms with Gasteiger partial charge in [-0.05, 0) is 23.0 Å². The Labute approximate surface area is 160 Å². The van der Waals surface area contributed by atoms with Crippen molar-refractivity contribution in [2.45, 2.75) is 30.8 Å². The molecular weight excluding hydrogens is 378 g/mol. The van der Waals surface area contributed by atoms with E-state index in [0.29, 0.717) is 0 Å². The van der Waals surface area contributed by atoms with E-state index in [0.717, 1.165) is 0 Å². The molecule has 0 fully saturated rings. The smallest absolute Gasteiger partial charge is 0.104 e. The number of rotatable bonds is 18. The molecule has 0 aliphatic carbocycles. The minimum Gasteiger partial charge on any atom is -0.393 e. The quantitative estimate of drug-likeness (QED) is 0.170. The van der Waals surface area contributed by atoms with Gasteiger partial charge in [0.15, 0.2) is 0 Å². The van der Waals surface area contributed by atoms with Crippen molar-refractivity contribution in [1.29, 1.82) is 0 Å². The highest BCUT2D eigenvalue weighted by Gasteiger charge is 2.14. The molecule has 0 bridgehead atoms. The van der Waals surface area contributed by atoms with Gasteiger partial charge in [-0.15, -0.1) is 0 Å². The first kappa shape index (κ1) is 25.7. The normalized spacial score (nSPS) is 14.7. The van der Waals surface area contributed by atoms with Crippen molar-refractivity contribution in [3.63, 3.8) is 0 Å². The van der Waals surface area contributed by atoms with E-state index in [9.17, 15) is 15.3 Å². The second-order valence-corrected chi connectivity index (χ2v) is 5.56. The SMILES string of the molecule is [N-]=[N+]=NCC(O)CCOC(COCC(O)CN=[N+]=[N-])COCC(O)CN=[N+]=[N-]. The lowest BCUT2D eigenvalue weighted by Gasteiger charge is -2.20. The predicted molar refractivity (Wildman–Crippen MR) is 96.1 cm³/mol. The molecule has 0 saturated carbocycles. The fraction of sp³-hybridized carbons (Fsp3) is 1.00. The number of hydrogen-bond acceptors (Lipinski definition) is 9. The monoisotopic (exact) mass is 403 g/mol. The van der Waals surface area contributed by atoms with Gasteiger partial charge in [-0.25, -0.2) is 0 Å². The number of hydrogen-bond donors (Lipinski definition) is 3. The summed E-state index contributed by atoms with van der Waals surface area (Å²) in [4.78, 5) is 7.62. The van der Waals surface area contributed by atoms with E-state index < -0.39 is 24.4 Å². The summed E-state index contributed by atoms with van der Waals surface area (Å²) in [7, 11) is 0. The van der Waals surface area contributed by atoms with Crippen molar-refractivity contribution in [1.82, 2.24) is 0 Å². The highest BCUT2D eigenvalue weighted by molar-refractivity contribution is 4.64. The molecule has 0 spiro atoms. The van der Waals surface area contributed by atoms with Gasteiger partial charge in [0.2, 0.25) is 0 Å². The van der Waals surface area contributed by atoms with Crippen LogP contribution in [0.25, 0.3) is 31.3 Å². The summed E-state index contributed by atoms with van der Waals surface area (Å²) in [6, 6.07) is 0. The molecule has 0 radical (unpaired) electrons. The molecule has 0 aromatic heterocycles. The Morgan fingerprint density at radius 2 is 1.11 bits per heavy atom. The Morgan fingerprint density at radius 1 is 0.679 bits per heavy atom. The molecule has 15 heteroatoms. The highest BCUT2D eigenvalue weighted by Crippen LogP contribution is 2.02. The maximum Gasteiger partial charge on any atom is 0.104 e. The molecule has 0 aromatic carbocycles. The largest absolute Gasteiger partial charge is 0.393 e. The third-order valence-electron chi connectivity index (χ3n) is 3.10. The van der Waals surface area contributed by atoms with Crippen LogP contribution in [-0.4, -0.2) is 92.4 Å². The summed E-state index contributed by atoms with van der Waals surface area (Å²) in [5, 5.41) is 38.4. The Balaban J connectivity index is 4.32. The zero-order valence-electron chi connectivity index (χ0n) is 15.3. The molecule has 28 heavy (non-hydrogen) atoms. The van der Waals surface area contributed by atoms with Gasteiger partial charge in [-0.2, -0.15) is 0 Å². The minimum atomic E-state index is -0.964. The number of azide groups is 3. The van der Waals surface area contributed by atoms with E-state index >= 15 is 0 Å². The second kappa shape index (κ2) is 18.1. The predicted octanol–water partition coefficient (Wildman–Crippen LogP) is 0.808. The first-order valence-electron chi connectivity index (χ1n) is 8.37. The fourth-order valence-electron chi connectivity index (χ4n) is 1.78. The van der Waals surface area contributed by atoms with Crippen molar-refractivity contribution in [2.24, 2.45) is 15.3 Å². The van der Waals surface area contributed by atoms with Crippen LogP contribution in [0.5, 0.6) is 0 Å². The van der Waals surface area contributed by atoms with E-state index in [1.165, 1.54) is 0 Å². The highest BCUT2D eigenvalue weighted by atomic mass is 16.6. The molecule has 0 saturated heterocycles. The van der Waals surface area contributed by atoms with Crippen LogP contribution in [0.1, 0.15) is 6.42 Å². The maximum atomic E-state index is 9.60. The number of ether oxygens (including phenoxy) is 3. The molecule has 15 nitrogen and oxygen atoms in total. The van der Waals surface area contributed by atoms with Gasteiger partial charge in [0.05, 0.1) is 64.4 Å². The molecule has 3 N–H and O–H groups in total. The number of nitrogens with zero attached hydrogens (tertiary/aromatic N) is 9. The molecule has 0 heterocycles. The average Bonchev–Trinajstić information content (AvgIpc) is 2.68. The molecular formula is C13H25N9O6. The summed E-state index contributed by atoms with van der Waals surface area (Å²) in [5.74, 6) is 0. The molecule has 3 atom stereocenters. The molecule has 0 aromatic rings. The van der Waals surface area contributed by atoms with Crippen molar-refractivity contribution in [2.75, 3.05) is 52.7 Å². The van der Waals surface area contributed by atoms with E-state index in [4.69, 9.17) is 30.8 Å². The van der Waals surface area contributed by atoms with E-state index in [1.54, 1.807) is 0 Å². The Kier molecular flexibility index (Phi) is 16.6. The van der Waals surface area contributed by atoms with Gasteiger partial charge < -0.3 is 29.5 Å². The lowest BCUT2D eigenvalue weighted by Crippen LogP contribution is -2.31. The van der Waals surface area contributed by atoms with Crippen LogP contribution < -0.4 is 0 Å². The van der Waals surface area contributed by atoms with E-state index in [1.807, 2.05) is 0 Å². The summed E-state index contributed by atoms with van der Waals surface area (Å²) in [6.07, 6.45) is -3.14.